The SMILES string of the molecule is CCOC(=O)CC/C=C/Cc1ccc(C)cc1. The van der Waals surface area contributed by atoms with Crippen LogP contribution in [0.2, 0.25) is 0 Å². The third kappa shape index (κ3) is 5.91. The number of ether oxygens (including phenoxy) is 1. The quantitative estimate of drug-likeness (QED) is 0.555. The Labute approximate surface area is 103 Å². The van der Waals surface area contributed by atoms with Gasteiger partial charge in [-0.1, -0.05) is 42.0 Å². The van der Waals surface area contributed by atoms with Gasteiger partial charge in [0.05, 0.1) is 6.61 Å². The van der Waals surface area contributed by atoms with Crippen LogP contribution in [0.3, 0.4) is 0 Å². The van der Waals surface area contributed by atoms with Crippen molar-refractivity contribution in [2.24, 2.45) is 0 Å². The van der Waals surface area contributed by atoms with Crippen molar-refractivity contribution in [1.82, 2.24) is 0 Å². The van der Waals surface area contributed by atoms with E-state index in [-0.39, 0.29) is 5.97 Å². The maximum atomic E-state index is 11.1. The maximum absolute atomic E-state index is 11.1. The Hall–Kier alpha value is -1.57. The van der Waals surface area contributed by atoms with Crippen molar-refractivity contribution in [3.63, 3.8) is 0 Å². The molecule has 0 aliphatic rings. The molecular formula is C15H20O2. The van der Waals surface area contributed by atoms with E-state index >= 15 is 0 Å². The average Bonchev–Trinajstić information content (AvgIpc) is 2.31. The van der Waals surface area contributed by atoms with Gasteiger partial charge in [0.25, 0.3) is 0 Å². The molecule has 1 aromatic rings. The van der Waals surface area contributed by atoms with Crippen LogP contribution in [0.5, 0.6) is 0 Å². The van der Waals surface area contributed by atoms with Gasteiger partial charge in [0.2, 0.25) is 0 Å². The average molecular weight is 232 g/mol. The first kappa shape index (κ1) is 13.5. The van der Waals surface area contributed by atoms with E-state index < -0.39 is 0 Å². The van der Waals surface area contributed by atoms with Crippen LogP contribution < -0.4 is 0 Å². The Morgan fingerprint density at radius 1 is 1.24 bits per heavy atom. The van der Waals surface area contributed by atoms with Crippen molar-refractivity contribution >= 4 is 5.97 Å². The lowest BCUT2D eigenvalue weighted by molar-refractivity contribution is -0.142. The van der Waals surface area contributed by atoms with Crippen molar-refractivity contribution in [3.8, 4) is 0 Å². The fraction of sp³-hybridized carbons (Fsp3) is 0.400. The number of carbonyl (C=O) groups is 1. The van der Waals surface area contributed by atoms with E-state index in [1.807, 2.05) is 13.0 Å². The Kier molecular flexibility index (Phi) is 6.08. The normalized spacial score (nSPS) is 10.7. The van der Waals surface area contributed by atoms with Crippen LogP contribution >= 0.6 is 0 Å². The molecule has 0 saturated heterocycles. The molecule has 0 spiro atoms. The Balaban J connectivity index is 2.22. The summed E-state index contributed by atoms with van der Waals surface area (Å²) in [4.78, 5) is 11.1. The third-order valence-electron chi connectivity index (χ3n) is 2.46. The highest BCUT2D eigenvalue weighted by molar-refractivity contribution is 5.69. The minimum atomic E-state index is -0.118. The number of hydrogen-bond donors (Lipinski definition) is 0. The summed E-state index contributed by atoms with van der Waals surface area (Å²) in [5, 5.41) is 0. The van der Waals surface area contributed by atoms with E-state index in [9.17, 15) is 4.79 Å². The summed E-state index contributed by atoms with van der Waals surface area (Å²) < 4.78 is 4.85. The van der Waals surface area contributed by atoms with Gasteiger partial charge in [0, 0.05) is 6.42 Å². The number of aryl methyl sites for hydroxylation is 1. The summed E-state index contributed by atoms with van der Waals surface area (Å²) in [5.41, 5.74) is 2.57. The molecule has 0 unspecified atom stereocenters. The molecule has 0 fully saturated rings. The molecule has 0 N–H and O–H groups in total. The van der Waals surface area contributed by atoms with E-state index in [4.69, 9.17) is 4.74 Å². The summed E-state index contributed by atoms with van der Waals surface area (Å²) in [6.45, 7) is 4.37. The van der Waals surface area contributed by atoms with Gasteiger partial charge < -0.3 is 4.74 Å². The number of esters is 1. The molecule has 0 aliphatic heterocycles. The van der Waals surface area contributed by atoms with Crippen LogP contribution in [0, 0.1) is 6.92 Å². The third-order valence-corrected chi connectivity index (χ3v) is 2.46. The van der Waals surface area contributed by atoms with Gasteiger partial charge in [0.1, 0.15) is 0 Å². The molecule has 0 aliphatic carbocycles. The van der Waals surface area contributed by atoms with Gasteiger partial charge in [-0.05, 0) is 32.3 Å². The Bertz CT molecular complexity index is 363. The predicted octanol–water partition coefficient (Wildman–Crippen LogP) is 3.44. The molecule has 0 bridgehead atoms. The smallest absolute Gasteiger partial charge is 0.306 e. The lowest BCUT2D eigenvalue weighted by Gasteiger charge is -1.99. The number of rotatable bonds is 6. The molecule has 0 atom stereocenters. The van der Waals surface area contributed by atoms with Gasteiger partial charge in [-0.2, -0.15) is 0 Å². The molecule has 92 valence electrons. The molecule has 1 aromatic carbocycles. The number of benzene rings is 1. The zero-order valence-corrected chi connectivity index (χ0v) is 10.6. The molecule has 0 aromatic heterocycles. The second-order valence-corrected chi connectivity index (χ2v) is 4.00. The summed E-state index contributed by atoms with van der Waals surface area (Å²) in [6, 6.07) is 8.49. The monoisotopic (exact) mass is 232 g/mol. The molecule has 2 nitrogen and oxygen atoms in total. The summed E-state index contributed by atoms with van der Waals surface area (Å²) in [7, 11) is 0. The highest BCUT2D eigenvalue weighted by Gasteiger charge is 1.97. The zero-order chi connectivity index (χ0) is 12.5. The van der Waals surface area contributed by atoms with Crippen LogP contribution in [0.25, 0.3) is 0 Å². The minimum Gasteiger partial charge on any atom is -0.466 e. The van der Waals surface area contributed by atoms with Gasteiger partial charge >= 0.3 is 5.97 Å². The summed E-state index contributed by atoms with van der Waals surface area (Å²) in [5.74, 6) is -0.118. The van der Waals surface area contributed by atoms with Gasteiger partial charge in [0.15, 0.2) is 0 Å². The Morgan fingerprint density at radius 3 is 2.59 bits per heavy atom. The van der Waals surface area contributed by atoms with Crippen LogP contribution in [0.15, 0.2) is 36.4 Å². The molecule has 0 saturated carbocycles. The van der Waals surface area contributed by atoms with Crippen LogP contribution in [-0.4, -0.2) is 12.6 Å². The van der Waals surface area contributed by atoms with Crippen molar-refractivity contribution < 1.29 is 9.53 Å². The van der Waals surface area contributed by atoms with Crippen molar-refractivity contribution in [1.29, 1.82) is 0 Å². The number of carbonyl (C=O) groups excluding carboxylic acids is 1. The first-order chi connectivity index (χ1) is 8.22. The highest BCUT2D eigenvalue weighted by atomic mass is 16.5. The largest absolute Gasteiger partial charge is 0.466 e. The predicted molar refractivity (Wildman–Crippen MR) is 69.9 cm³/mol. The lowest BCUT2D eigenvalue weighted by atomic mass is 10.1. The molecule has 0 heterocycles. The van der Waals surface area contributed by atoms with Gasteiger partial charge in [-0.25, -0.2) is 0 Å². The van der Waals surface area contributed by atoms with Gasteiger partial charge in [-0.15, -0.1) is 0 Å². The summed E-state index contributed by atoms with van der Waals surface area (Å²) >= 11 is 0. The summed E-state index contributed by atoms with van der Waals surface area (Å²) in [6.07, 6.45) is 6.28. The van der Waals surface area contributed by atoms with Crippen molar-refractivity contribution in [2.45, 2.75) is 33.1 Å². The van der Waals surface area contributed by atoms with Crippen LogP contribution in [0.1, 0.15) is 30.9 Å². The topological polar surface area (TPSA) is 26.3 Å². The van der Waals surface area contributed by atoms with E-state index in [1.54, 1.807) is 0 Å². The number of hydrogen-bond acceptors (Lipinski definition) is 2. The minimum absolute atomic E-state index is 0.118. The first-order valence-electron chi connectivity index (χ1n) is 6.08. The standard InChI is InChI=1S/C15H20O2/c1-3-17-15(16)8-6-4-5-7-14-11-9-13(2)10-12-14/h4-5,9-12H,3,6-8H2,1-2H3/b5-4+. The fourth-order valence-corrected chi connectivity index (χ4v) is 1.50. The number of allylic oxidation sites excluding steroid dienone is 2. The van der Waals surface area contributed by atoms with E-state index in [1.165, 1.54) is 11.1 Å². The molecule has 0 radical (unpaired) electrons. The molecule has 1 rings (SSSR count). The highest BCUT2D eigenvalue weighted by Crippen LogP contribution is 2.05. The Morgan fingerprint density at radius 2 is 1.94 bits per heavy atom. The van der Waals surface area contributed by atoms with Crippen LogP contribution in [0.4, 0.5) is 0 Å². The molecule has 17 heavy (non-hydrogen) atoms. The van der Waals surface area contributed by atoms with E-state index in [0.717, 1.165) is 12.8 Å². The van der Waals surface area contributed by atoms with Crippen molar-refractivity contribution in [3.05, 3.63) is 47.5 Å². The zero-order valence-electron chi connectivity index (χ0n) is 10.6. The van der Waals surface area contributed by atoms with E-state index in [0.29, 0.717) is 13.0 Å². The fourth-order valence-electron chi connectivity index (χ4n) is 1.50. The van der Waals surface area contributed by atoms with E-state index in [2.05, 4.69) is 37.3 Å². The van der Waals surface area contributed by atoms with Crippen molar-refractivity contribution in [2.75, 3.05) is 6.61 Å². The first-order valence-corrected chi connectivity index (χ1v) is 6.08. The van der Waals surface area contributed by atoms with Crippen LogP contribution in [-0.2, 0) is 16.0 Å². The molecule has 0 amide bonds. The second-order valence-electron chi connectivity index (χ2n) is 4.00. The van der Waals surface area contributed by atoms with Gasteiger partial charge in [-0.3, -0.25) is 4.79 Å². The lowest BCUT2D eigenvalue weighted by Crippen LogP contribution is -2.02. The molecular weight excluding hydrogens is 212 g/mol. The maximum Gasteiger partial charge on any atom is 0.306 e. The second kappa shape index (κ2) is 7.66. The molecule has 2 heteroatoms.